The number of hydrogen-bond donors (Lipinski definition) is 2. The Morgan fingerprint density at radius 1 is 0.938 bits per heavy atom. The number of carbonyl (C=O) groups is 3. The molecule has 2 rings (SSSR count). The number of hydrogen-bond acceptors (Lipinski definition) is 5. The largest absolute Gasteiger partial charge is 0.467 e. The van der Waals surface area contributed by atoms with Gasteiger partial charge in [0, 0.05) is 6.42 Å². The molecule has 0 spiro atoms. The monoisotopic (exact) mass is 438 g/mol. The number of carbonyl (C=O) groups excluding carboxylic acids is 3. The maximum Gasteiger partial charge on any atom is 0.408 e. The molecule has 0 saturated heterocycles. The fourth-order valence-corrected chi connectivity index (χ4v) is 3.10. The molecular weight excluding hydrogens is 408 g/mol. The van der Waals surface area contributed by atoms with Gasteiger partial charge in [0.05, 0.1) is 7.11 Å². The van der Waals surface area contributed by atoms with Crippen LogP contribution in [0.5, 0.6) is 0 Å². The van der Waals surface area contributed by atoms with Gasteiger partial charge in [0.2, 0.25) is 5.91 Å². The molecule has 0 aliphatic heterocycles. The van der Waals surface area contributed by atoms with Crippen molar-refractivity contribution in [1.82, 2.24) is 10.6 Å². The lowest BCUT2D eigenvalue weighted by Crippen LogP contribution is -2.52. The van der Waals surface area contributed by atoms with Gasteiger partial charge in [-0.2, -0.15) is 0 Å². The summed E-state index contributed by atoms with van der Waals surface area (Å²) in [5.41, 5.74) is 1.69. The van der Waals surface area contributed by atoms with Crippen LogP contribution in [0.15, 0.2) is 73.3 Å². The summed E-state index contributed by atoms with van der Waals surface area (Å²) in [6, 6.07) is 16.8. The van der Waals surface area contributed by atoms with Crippen molar-refractivity contribution in [1.29, 1.82) is 0 Å². The Labute approximate surface area is 188 Å². The van der Waals surface area contributed by atoms with Gasteiger partial charge in [-0.3, -0.25) is 4.79 Å². The minimum absolute atomic E-state index is 0.0820. The molecule has 0 fully saturated rings. The molecule has 2 atom stereocenters. The smallest absolute Gasteiger partial charge is 0.408 e. The number of esters is 1. The zero-order chi connectivity index (χ0) is 23.2. The molecule has 0 saturated carbocycles. The van der Waals surface area contributed by atoms with Crippen molar-refractivity contribution in [3.05, 3.63) is 84.4 Å². The summed E-state index contributed by atoms with van der Waals surface area (Å²) in [5, 5.41) is 5.33. The van der Waals surface area contributed by atoms with E-state index >= 15 is 0 Å². The van der Waals surface area contributed by atoms with Crippen molar-refractivity contribution in [2.24, 2.45) is 0 Å². The highest BCUT2D eigenvalue weighted by Crippen LogP contribution is 2.08. The Bertz CT molecular complexity index is 870. The summed E-state index contributed by atoms with van der Waals surface area (Å²) in [7, 11) is 1.27. The van der Waals surface area contributed by atoms with Crippen molar-refractivity contribution < 1.29 is 23.9 Å². The van der Waals surface area contributed by atoms with Gasteiger partial charge in [0.25, 0.3) is 0 Å². The number of unbranched alkanes of at least 4 members (excludes halogenated alkanes) is 1. The molecule has 32 heavy (non-hydrogen) atoms. The van der Waals surface area contributed by atoms with E-state index in [4.69, 9.17) is 9.47 Å². The van der Waals surface area contributed by atoms with Crippen molar-refractivity contribution in [2.75, 3.05) is 7.11 Å². The van der Waals surface area contributed by atoms with Crippen LogP contribution < -0.4 is 10.6 Å². The van der Waals surface area contributed by atoms with Crippen LogP contribution in [0.25, 0.3) is 0 Å². The van der Waals surface area contributed by atoms with E-state index in [1.807, 2.05) is 60.7 Å². The molecule has 0 unspecified atom stereocenters. The van der Waals surface area contributed by atoms with Gasteiger partial charge in [-0.05, 0) is 30.4 Å². The summed E-state index contributed by atoms with van der Waals surface area (Å²) in [4.78, 5) is 37.5. The standard InChI is InChI=1S/C25H30N2O5/c1-3-4-7-16-21(24(29)31-2)26-23(28)22(17-19-12-8-5-9-13-19)27-25(30)32-18-20-14-10-6-11-15-20/h3,5-6,8-15,21-22H,1,4,7,16-18H2,2H3,(H,26,28)(H,27,30)/t21-,22+/m1/s1. The normalized spacial score (nSPS) is 12.2. The van der Waals surface area contributed by atoms with Crippen LogP contribution in [0, 0.1) is 0 Å². The SMILES string of the molecule is C=CCCC[C@@H](NC(=O)[C@H](Cc1ccccc1)NC(=O)OCc1ccccc1)C(=O)OC. The lowest BCUT2D eigenvalue weighted by Gasteiger charge is -2.22. The van der Waals surface area contributed by atoms with E-state index in [2.05, 4.69) is 17.2 Å². The topological polar surface area (TPSA) is 93.7 Å². The van der Waals surface area contributed by atoms with Crippen molar-refractivity contribution in [3.8, 4) is 0 Å². The Balaban J connectivity index is 2.06. The van der Waals surface area contributed by atoms with E-state index in [9.17, 15) is 14.4 Å². The summed E-state index contributed by atoms with van der Waals surface area (Å²) < 4.78 is 10.1. The van der Waals surface area contributed by atoms with E-state index < -0.39 is 30.1 Å². The van der Waals surface area contributed by atoms with Crippen LogP contribution in [0.3, 0.4) is 0 Å². The van der Waals surface area contributed by atoms with Crippen molar-refractivity contribution in [3.63, 3.8) is 0 Å². The maximum atomic E-state index is 13.0. The molecule has 7 nitrogen and oxygen atoms in total. The minimum Gasteiger partial charge on any atom is -0.467 e. The molecule has 0 aromatic heterocycles. The van der Waals surface area contributed by atoms with Crippen molar-refractivity contribution in [2.45, 2.75) is 44.4 Å². The molecule has 2 amide bonds. The lowest BCUT2D eigenvalue weighted by molar-refractivity contribution is -0.145. The second-order valence-corrected chi connectivity index (χ2v) is 7.25. The molecule has 2 aromatic carbocycles. The van der Waals surface area contributed by atoms with Gasteiger partial charge in [-0.25, -0.2) is 9.59 Å². The first-order chi connectivity index (χ1) is 15.5. The minimum atomic E-state index is -0.924. The number of ether oxygens (including phenoxy) is 2. The second-order valence-electron chi connectivity index (χ2n) is 7.25. The van der Waals surface area contributed by atoms with Crippen LogP contribution in [0.1, 0.15) is 30.4 Å². The van der Waals surface area contributed by atoms with Crippen LogP contribution >= 0.6 is 0 Å². The van der Waals surface area contributed by atoms with Gasteiger partial charge in [-0.15, -0.1) is 6.58 Å². The first-order valence-electron chi connectivity index (χ1n) is 10.5. The summed E-state index contributed by atoms with van der Waals surface area (Å²) in [5.74, 6) is -1.02. The van der Waals surface area contributed by atoms with E-state index in [0.29, 0.717) is 19.3 Å². The third-order valence-electron chi connectivity index (χ3n) is 4.81. The molecule has 2 aromatic rings. The number of methoxy groups -OCH3 is 1. The highest BCUT2D eigenvalue weighted by molar-refractivity contribution is 5.89. The Kier molecular flexibility index (Phi) is 10.5. The fraction of sp³-hybridized carbons (Fsp3) is 0.320. The second kappa shape index (κ2) is 13.6. The molecule has 0 bridgehead atoms. The zero-order valence-electron chi connectivity index (χ0n) is 18.3. The highest BCUT2D eigenvalue weighted by atomic mass is 16.5. The van der Waals surface area contributed by atoms with Gasteiger partial charge in [0.15, 0.2) is 0 Å². The Hall–Kier alpha value is -3.61. The van der Waals surface area contributed by atoms with Crippen LogP contribution in [-0.2, 0) is 32.1 Å². The van der Waals surface area contributed by atoms with Gasteiger partial charge in [0.1, 0.15) is 18.7 Å². The van der Waals surface area contributed by atoms with E-state index in [1.54, 1.807) is 6.08 Å². The van der Waals surface area contributed by atoms with Crippen LogP contribution in [-0.4, -0.2) is 37.2 Å². The number of benzene rings is 2. The summed E-state index contributed by atoms with van der Waals surface area (Å²) >= 11 is 0. The first kappa shape index (κ1) is 24.7. The number of allylic oxidation sites excluding steroid dienone is 1. The van der Waals surface area contributed by atoms with E-state index in [1.165, 1.54) is 7.11 Å². The van der Waals surface area contributed by atoms with Gasteiger partial charge >= 0.3 is 12.1 Å². The Morgan fingerprint density at radius 2 is 1.56 bits per heavy atom. The summed E-state index contributed by atoms with van der Waals surface area (Å²) in [6.07, 6.45) is 3.05. The predicted octanol–water partition coefficient (Wildman–Crippen LogP) is 3.54. The molecule has 170 valence electrons. The van der Waals surface area contributed by atoms with Crippen LogP contribution in [0.4, 0.5) is 4.79 Å². The average Bonchev–Trinajstić information content (AvgIpc) is 2.82. The number of alkyl carbamates (subject to hydrolysis) is 1. The average molecular weight is 439 g/mol. The number of nitrogens with one attached hydrogen (secondary N) is 2. The predicted molar refractivity (Wildman–Crippen MR) is 122 cm³/mol. The molecule has 2 N–H and O–H groups in total. The van der Waals surface area contributed by atoms with Gasteiger partial charge < -0.3 is 20.1 Å². The van der Waals surface area contributed by atoms with Crippen molar-refractivity contribution >= 4 is 18.0 Å². The van der Waals surface area contributed by atoms with Crippen LogP contribution in [0.2, 0.25) is 0 Å². The third kappa shape index (κ3) is 8.63. The van der Waals surface area contributed by atoms with Gasteiger partial charge in [-0.1, -0.05) is 66.7 Å². The quantitative estimate of drug-likeness (QED) is 0.300. The molecule has 0 heterocycles. The molecule has 0 aliphatic rings. The van der Waals surface area contributed by atoms with E-state index in [-0.39, 0.29) is 13.0 Å². The Morgan fingerprint density at radius 3 is 2.16 bits per heavy atom. The molecule has 0 radical (unpaired) electrons. The number of amides is 2. The lowest BCUT2D eigenvalue weighted by atomic mass is 10.0. The number of rotatable bonds is 12. The summed E-state index contributed by atoms with van der Waals surface area (Å²) in [6.45, 7) is 3.75. The maximum absolute atomic E-state index is 13.0. The van der Waals surface area contributed by atoms with E-state index in [0.717, 1.165) is 11.1 Å². The molecule has 0 aliphatic carbocycles. The third-order valence-corrected chi connectivity index (χ3v) is 4.81. The highest BCUT2D eigenvalue weighted by Gasteiger charge is 2.27. The molecule has 7 heteroatoms. The first-order valence-corrected chi connectivity index (χ1v) is 10.5. The fourth-order valence-electron chi connectivity index (χ4n) is 3.10. The zero-order valence-corrected chi connectivity index (χ0v) is 18.3. The molecular formula is C25H30N2O5.